The monoisotopic (exact) mass is 447 g/mol. The number of nitrogens with one attached hydrogen (secondary N) is 1. The van der Waals surface area contributed by atoms with E-state index >= 15 is 0 Å². The molecule has 2 saturated heterocycles. The van der Waals surface area contributed by atoms with E-state index in [-0.39, 0.29) is 51.2 Å². The first-order chi connectivity index (χ1) is 14.9. The van der Waals surface area contributed by atoms with E-state index in [4.69, 9.17) is 9.84 Å². The van der Waals surface area contributed by atoms with E-state index in [0.29, 0.717) is 24.5 Å². The number of amides is 3. The first kappa shape index (κ1) is 25.3. The number of hydrogen-bond donors (Lipinski definition) is 2. The van der Waals surface area contributed by atoms with Gasteiger partial charge in [0.25, 0.3) is 5.91 Å². The molecule has 32 heavy (non-hydrogen) atoms. The van der Waals surface area contributed by atoms with Crippen LogP contribution in [0.5, 0.6) is 5.75 Å². The molecular formula is C23H33N3O6. The first-order valence-electron chi connectivity index (χ1n) is 10.8. The van der Waals surface area contributed by atoms with Gasteiger partial charge >= 0.3 is 5.97 Å². The molecule has 3 heterocycles. The van der Waals surface area contributed by atoms with Crippen molar-refractivity contribution in [1.29, 1.82) is 0 Å². The highest BCUT2D eigenvalue weighted by molar-refractivity contribution is 6.08. The van der Waals surface area contributed by atoms with Crippen LogP contribution in [-0.2, 0) is 19.2 Å². The van der Waals surface area contributed by atoms with Crippen LogP contribution in [0.15, 0.2) is 18.2 Å². The molecule has 0 aromatic heterocycles. The van der Waals surface area contributed by atoms with Crippen LogP contribution in [0.3, 0.4) is 0 Å². The van der Waals surface area contributed by atoms with Gasteiger partial charge in [0.1, 0.15) is 11.8 Å². The lowest BCUT2D eigenvalue weighted by Gasteiger charge is -2.38. The zero-order valence-electron chi connectivity index (χ0n) is 17.9. The number of rotatable bonds is 4. The minimum absolute atomic E-state index is 0. The van der Waals surface area contributed by atoms with Crippen molar-refractivity contribution in [1.82, 2.24) is 10.2 Å². The van der Waals surface area contributed by atoms with Crippen LogP contribution in [0, 0.1) is 0 Å². The molecule has 3 aliphatic rings. The molecule has 2 fully saturated rings. The number of ether oxygens (including phenoxy) is 1. The fourth-order valence-electron chi connectivity index (χ4n) is 4.41. The van der Waals surface area contributed by atoms with Crippen LogP contribution >= 0.6 is 0 Å². The Bertz CT molecular complexity index is 863. The van der Waals surface area contributed by atoms with Gasteiger partial charge in [0.05, 0.1) is 12.2 Å². The zero-order valence-corrected chi connectivity index (χ0v) is 17.9. The van der Waals surface area contributed by atoms with E-state index in [0.717, 1.165) is 18.4 Å². The number of aliphatic carboxylic acids is 1. The average molecular weight is 448 g/mol. The Hall–Kier alpha value is -2.94. The number of carbonyl (C=O) groups is 4. The molecule has 0 bridgehead atoms. The van der Waals surface area contributed by atoms with E-state index in [9.17, 15) is 19.2 Å². The number of benzene rings is 1. The SMILES string of the molecule is C.CC.O=C(O)CN1CCC(c2cccc3c2OCC(=O)N3C2CCC(=O)NC2=O)CC1. The lowest BCUT2D eigenvalue weighted by atomic mass is 9.87. The van der Waals surface area contributed by atoms with E-state index in [1.807, 2.05) is 30.9 Å². The molecule has 0 radical (unpaired) electrons. The number of carboxylic acid groups (broad SMARTS) is 1. The summed E-state index contributed by atoms with van der Waals surface area (Å²) >= 11 is 0. The summed E-state index contributed by atoms with van der Waals surface area (Å²) in [5.74, 6) is -1.13. The Morgan fingerprint density at radius 2 is 1.84 bits per heavy atom. The molecule has 1 aromatic rings. The Morgan fingerprint density at radius 3 is 2.47 bits per heavy atom. The van der Waals surface area contributed by atoms with Gasteiger partial charge in [-0.1, -0.05) is 33.4 Å². The molecule has 1 aromatic carbocycles. The molecule has 1 atom stereocenters. The quantitative estimate of drug-likeness (QED) is 0.679. The summed E-state index contributed by atoms with van der Waals surface area (Å²) in [6.45, 7) is 5.24. The number of carboxylic acids is 1. The third kappa shape index (κ3) is 5.27. The lowest BCUT2D eigenvalue weighted by Crippen LogP contribution is -2.56. The number of hydrogen-bond acceptors (Lipinski definition) is 6. The van der Waals surface area contributed by atoms with Gasteiger partial charge in [-0.05, 0) is 49.9 Å². The number of likely N-dealkylation sites (tertiary alicyclic amines) is 1. The summed E-state index contributed by atoms with van der Waals surface area (Å²) in [6, 6.07) is 4.85. The minimum atomic E-state index is -0.831. The second-order valence-corrected chi connectivity index (χ2v) is 7.66. The van der Waals surface area contributed by atoms with Crippen molar-refractivity contribution in [2.24, 2.45) is 0 Å². The Balaban J connectivity index is 0.00000118. The summed E-state index contributed by atoms with van der Waals surface area (Å²) in [4.78, 5) is 50.7. The van der Waals surface area contributed by atoms with Crippen molar-refractivity contribution in [2.75, 3.05) is 31.1 Å². The van der Waals surface area contributed by atoms with E-state index in [1.165, 1.54) is 4.90 Å². The summed E-state index contributed by atoms with van der Waals surface area (Å²) in [5.41, 5.74) is 1.53. The average Bonchev–Trinajstić information content (AvgIpc) is 2.76. The number of para-hydroxylation sites is 1. The molecule has 9 nitrogen and oxygen atoms in total. The summed E-state index contributed by atoms with van der Waals surface area (Å²) in [7, 11) is 0. The molecular weight excluding hydrogens is 414 g/mol. The minimum Gasteiger partial charge on any atom is -0.481 e. The molecule has 4 rings (SSSR count). The molecule has 0 spiro atoms. The van der Waals surface area contributed by atoms with Gasteiger partial charge in [-0.15, -0.1) is 0 Å². The highest BCUT2D eigenvalue weighted by Crippen LogP contribution is 2.43. The van der Waals surface area contributed by atoms with Crippen molar-refractivity contribution in [3.8, 4) is 5.75 Å². The second kappa shape index (κ2) is 11.1. The number of fused-ring (bicyclic) bond motifs is 1. The predicted octanol–water partition coefficient (Wildman–Crippen LogP) is 2.14. The molecule has 1 unspecified atom stereocenters. The van der Waals surface area contributed by atoms with Gasteiger partial charge in [-0.2, -0.15) is 0 Å². The number of piperidine rings is 2. The highest BCUT2D eigenvalue weighted by atomic mass is 16.5. The molecule has 9 heteroatoms. The van der Waals surface area contributed by atoms with E-state index in [1.54, 1.807) is 6.07 Å². The third-order valence-electron chi connectivity index (χ3n) is 5.80. The van der Waals surface area contributed by atoms with Gasteiger partial charge < -0.3 is 9.84 Å². The Kier molecular flexibility index (Phi) is 8.77. The number of imide groups is 1. The van der Waals surface area contributed by atoms with E-state index in [2.05, 4.69) is 5.32 Å². The van der Waals surface area contributed by atoms with Crippen molar-refractivity contribution in [3.63, 3.8) is 0 Å². The topological polar surface area (TPSA) is 116 Å². The number of carbonyl (C=O) groups excluding carboxylic acids is 3. The largest absolute Gasteiger partial charge is 0.481 e. The van der Waals surface area contributed by atoms with Gasteiger partial charge in [0, 0.05) is 6.42 Å². The molecule has 3 amide bonds. The van der Waals surface area contributed by atoms with Crippen molar-refractivity contribution >= 4 is 29.4 Å². The van der Waals surface area contributed by atoms with Gasteiger partial charge in [0.2, 0.25) is 11.8 Å². The van der Waals surface area contributed by atoms with Crippen molar-refractivity contribution in [2.45, 2.75) is 58.9 Å². The predicted molar refractivity (Wildman–Crippen MR) is 120 cm³/mol. The second-order valence-electron chi connectivity index (χ2n) is 7.66. The Morgan fingerprint density at radius 1 is 1.16 bits per heavy atom. The lowest BCUT2D eigenvalue weighted by molar-refractivity contribution is -0.139. The Labute approximate surface area is 188 Å². The molecule has 0 saturated carbocycles. The van der Waals surface area contributed by atoms with Gasteiger partial charge in [-0.3, -0.25) is 34.3 Å². The summed E-state index contributed by atoms with van der Waals surface area (Å²) < 4.78 is 5.79. The number of nitrogens with zero attached hydrogens (tertiary/aromatic N) is 2. The van der Waals surface area contributed by atoms with Gasteiger partial charge in [0.15, 0.2) is 6.61 Å². The number of anilines is 1. The smallest absolute Gasteiger partial charge is 0.317 e. The molecule has 2 N–H and O–H groups in total. The van der Waals surface area contributed by atoms with Crippen LogP contribution < -0.4 is 15.0 Å². The van der Waals surface area contributed by atoms with Crippen molar-refractivity contribution in [3.05, 3.63) is 23.8 Å². The fourth-order valence-corrected chi connectivity index (χ4v) is 4.41. The van der Waals surface area contributed by atoms with Crippen LogP contribution in [0.1, 0.15) is 58.4 Å². The van der Waals surface area contributed by atoms with Crippen LogP contribution in [-0.4, -0.2) is 66.0 Å². The molecule has 3 aliphatic heterocycles. The summed E-state index contributed by atoms with van der Waals surface area (Å²) in [5, 5.41) is 11.3. The van der Waals surface area contributed by atoms with Crippen LogP contribution in [0.25, 0.3) is 0 Å². The molecule has 176 valence electrons. The maximum Gasteiger partial charge on any atom is 0.317 e. The maximum atomic E-state index is 12.6. The van der Waals surface area contributed by atoms with Gasteiger partial charge in [-0.25, -0.2) is 0 Å². The zero-order chi connectivity index (χ0) is 22.5. The van der Waals surface area contributed by atoms with Crippen LogP contribution in [0.2, 0.25) is 0 Å². The standard InChI is InChI=1S/C20H23N3O6.C2H6.CH4/c24-16-5-4-15(20(28)21-16)23-14-3-1-2-13(19(14)29-11-17(23)25)12-6-8-22(9-7-12)10-18(26)27;1-2;/h1-3,12,15H,4-11H2,(H,26,27)(H,21,24,28);1-2H3;1H4. The third-order valence-corrected chi connectivity index (χ3v) is 5.80. The normalized spacial score (nSPS) is 21.4. The van der Waals surface area contributed by atoms with E-state index < -0.39 is 17.9 Å². The highest BCUT2D eigenvalue weighted by Gasteiger charge is 2.40. The van der Waals surface area contributed by atoms with Crippen molar-refractivity contribution < 1.29 is 29.0 Å². The fraction of sp³-hybridized carbons (Fsp3) is 0.565. The first-order valence-corrected chi connectivity index (χ1v) is 10.8. The molecule has 0 aliphatic carbocycles. The summed E-state index contributed by atoms with van der Waals surface area (Å²) in [6.07, 6.45) is 2.06. The maximum absolute atomic E-state index is 12.6. The van der Waals surface area contributed by atoms with Crippen LogP contribution in [0.4, 0.5) is 5.69 Å².